The Morgan fingerprint density at radius 1 is 1.38 bits per heavy atom. The summed E-state index contributed by atoms with van der Waals surface area (Å²) in [6.45, 7) is 1.80. The summed E-state index contributed by atoms with van der Waals surface area (Å²) in [5.41, 5.74) is 6.89. The number of oxime groups is 1. The monoisotopic (exact) mass is 304 g/mol. The second-order valence-electron chi connectivity index (χ2n) is 4.17. The lowest BCUT2D eigenvalue weighted by molar-refractivity contribution is -0.384. The molecule has 0 spiro atoms. The van der Waals surface area contributed by atoms with E-state index in [2.05, 4.69) is 10.1 Å². The number of amidine groups is 1. The normalized spacial score (nSPS) is 11.4. The molecule has 0 bridgehead atoms. The first kappa shape index (κ1) is 14.8. The summed E-state index contributed by atoms with van der Waals surface area (Å²) in [5.74, 6) is 0.00560. The van der Waals surface area contributed by atoms with E-state index < -0.39 is 4.92 Å². The van der Waals surface area contributed by atoms with Crippen molar-refractivity contribution in [2.75, 3.05) is 0 Å². The van der Waals surface area contributed by atoms with Crippen molar-refractivity contribution in [1.29, 1.82) is 0 Å². The zero-order valence-corrected chi connectivity index (χ0v) is 11.9. The molecule has 2 rings (SSSR count). The molecule has 0 aliphatic carbocycles. The van der Waals surface area contributed by atoms with Crippen LogP contribution < -0.4 is 5.73 Å². The van der Waals surface area contributed by atoms with E-state index in [1.165, 1.54) is 23.9 Å². The molecule has 2 aromatic rings. The number of aryl methyl sites for hydroxylation is 1. The molecular weight excluding hydrogens is 292 g/mol. The van der Waals surface area contributed by atoms with Crippen molar-refractivity contribution in [2.24, 2.45) is 10.9 Å². The number of hydrogen-bond donors (Lipinski definition) is 2. The molecule has 21 heavy (non-hydrogen) atoms. The Morgan fingerprint density at radius 2 is 2.05 bits per heavy atom. The molecule has 1 aromatic carbocycles. The van der Waals surface area contributed by atoms with E-state index >= 15 is 0 Å². The number of pyridine rings is 1. The van der Waals surface area contributed by atoms with Gasteiger partial charge in [0.25, 0.3) is 5.69 Å². The van der Waals surface area contributed by atoms with Crippen LogP contribution in [0.5, 0.6) is 0 Å². The highest BCUT2D eigenvalue weighted by Crippen LogP contribution is 2.28. The van der Waals surface area contributed by atoms with E-state index in [1.807, 2.05) is 0 Å². The van der Waals surface area contributed by atoms with Gasteiger partial charge >= 0.3 is 0 Å². The fourth-order valence-corrected chi connectivity index (χ4v) is 2.54. The third-order valence-corrected chi connectivity index (χ3v) is 3.53. The third kappa shape index (κ3) is 3.69. The number of benzene rings is 1. The van der Waals surface area contributed by atoms with Gasteiger partial charge in [-0.2, -0.15) is 0 Å². The van der Waals surface area contributed by atoms with Crippen LogP contribution >= 0.6 is 11.8 Å². The Hall–Kier alpha value is -2.61. The van der Waals surface area contributed by atoms with Crippen molar-refractivity contribution in [3.05, 3.63) is 57.8 Å². The lowest BCUT2D eigenvalue weighted by Gasteiger charge is -2.05. The molecule has 0 saturated carbocycles. The summed E-state index contributed by atoms with van der Waals surface area (Å²) >= 11 is 1.34. The largest absolute Gasteiger partial charge is 0.409 e. The minimum atomic E-state index is -0.449. The number of hydrogen-bond acceptors (Lipinski definition) is 6. The molecule has 0 amide bonds. The fraction of sp³-hybridized carbons (Fsp3) is 0.0769. The number of nitro benzene ring substituents is 1. The van der Waals surface area contributed by atoms with Gasteiger partial charge in [0.1, 0.15) is 5.03 Å². The van der Waals surface area contributed by atoms with Gasteiger partial charge < -0.3 is 10.9 Å². The quantitative estimate of drug-likeness (QED) is 0.295. The lowest BCUT2D eigenvalue weighted by Crippen LogP contribution is -2.13. The second-order valence-corrected chi connectivity index (χ2v) is 5.27. The van der Waals surface area contributed by atoms with Crippen LogP contribution in [0.3, 0.4) is 0 Å². The third-order valence-electron chi connectivity index (χ3n) is 2.60. The highest BCUT2D eigenvalue weighted by molar-refractivity contribution is 7.99. The average Bonchev–Trinajstić information content (AvgIpc) is 2.46. The summed E-state index contributed by atoms with van der Waals surface area (Å²) < 4.78 is 0. The van der Waals surface area contributed by atoms with Gasteiger partial charge in [0.15, 0.2) is 5.84 Å². The Kier molecular flexibility index (Phi) is 4.39. The van der Waals surface area contributed by atoms with Gasteiger partial charge in [0, 0.05) is 28.3 Å². The van der Waals surface area contributed by atoms with Crippen molar-refractivity contribution in [1.82, 2.24) is 4.98 Å². The Balaban J connectivity index is 2.27. The molecule has 1 aromatic heterocycles. The van der Waals surface area contributed by atoms with Crippen LogP contribution in [-0.4, -0.2) is 21.0 Å². The van der Waals surface area contributed by atoms with Gasteiger partial charge in [0.2, 0.25) is 0 Å². The van der Waals surface area contributed by atoms with E-state index in [-0.39, 0.29) is 11.5 Å². The molecule has 0 saturated heterocycles. The van der Waals surface area contributed by atoms with Gasteiger partial charge in [-0.1, -0.05) is 16.9 Å². The Morgan fingerprint density at radius 3 is 2.62 bits per heavy atom. The van der Waals surface area contributed by atoms with E-state index in [0.717, 1.165) is 10.6 Å². The summed E-state index contributed by atoms with van der Waals surface area (Å²) in [6, 6.07) is 9.56. The predicted octanol–water partition coefficient (Wildman–Crippen LogP) is 2.54. The molecule has 1 heterocycles. The number of aromatic nitrogens is 1. The summed E-state index contributed by atoms with van der Waals surface area (Å²) in [5, 5.41) is 22.9. The number of rotatable bonds is 4. The van der Waals surface area contributed by atoms with E-state index in [9.17, 15) is 10.1 Å². The molecule has 0 atom stereocenters. The maximum Gasteiger partial charge on any atom is 0.269 e. The predicted molar refractivity (Wildman–Crippen MR) is 78.7 cm³/mol. The van der Waals surface area contributed by atoms with Crippen molar-refractivity contribution < 1.29 is 10.1 Å². The van der Waals surface area contributed by atoms with Crippen LogP contribution in [0.15, 0.2) is 51.5 Å². The minimum absolute atomic E-state index is 0.00560. The van der Waals surface area contributed by atoms with Crippen molar-refractivity contribution in [2.45, 2.75) is 16.8 Å². The Bertz CT molecular complexity index is 701. The van der Waals surface area contributed by atoms with Crippen molar-refractivity contribution in [3.63, 3.8) is 0 Å². The average molecular weight is 304 g/mol. The zero-order chi connectivity index (χ0) is 15.4. The second kappa shape index (κ2) is 6.23. The smallest absolute Gasteiger partial charge is 0.269 e. The van der Waals surface area contributed by atoms with Gasteiger partial charge in [0.05, 0.1) is 4.92 Å². The minimum Gasteiger partial charge on any atom is -0.409 e. The number of nitrogens with zero attached hydrogens (tertiary/aromatic N) is 3. The molecule has 0 aliphatic heterocycles. The molecular formula is C13H12N4O3S. The maximum absolute atomic E-state index is 10.6. The number of non-ortho nitro benzene ring substituents is 1. The number of nitrogens with two attached hydrogens (primary N) is 1. The van der Waals surface area contributed by atoms with E-state index in [4.69, 9.17) is 10.9 Å². The highest BCUT2D eigenvalue weighted by Gasteiger charge is 2.08. The summed E-state index contributed by atoms with van der Waals surface area (Å²) in [4.78, 5) is 15.3. The lowest BCUT2D eigenvalue weighted by atomic mass is 10.2. The molecule has 0 fully saturated rings. The summed E-state index contributed by atoms with van der Waals surface area (Å²) in [7, 11) is 0. The molecule has 0 radical (unpaired) electrons. The summed E-state index contributed by atoms with van der Waals surface area (Å²) in [6.07, 6.45) is 0. The zero-order valence-electron chi connectivity index (χ0n) is 11.1. The first-order valence-electron chi connectivity index (χ1n) is 5.88. The topological polar surface area (TPSA) is 115 Å². The molecule has 0 aliphatic rings. The first-order chi connectivity index (χ1) is 9.99. The van der Waals surface area contributed by atoms with Crippen molar-refractivity contribution >= 4 is 23.3 Å². The van der Waals surface area contributed by atoms with E-state index in [1.54, 1.807) is 31.2 Å². The molecule has 7 nitrogen and oxygen atoms in total. The SMILES string of the molecule is Cc1cc(/C(N)=N/O)cc(Sc2ccc([N+](=O)[O-])cc2)n1. The van der Waals surface area contributed by atoms with Gasteiger partial charge in [-0.15, -0.1) is 0 Å². The molecule has 3 N–H and O–H groups in total. The van der Waals surface area contributed by atoms with Crippen LogP contribution in [0.25, 0.3) is 0 Å². The van der Waals surface area contributed by atoms with Gasteiger partial charge in [-0.25, -0.2) is 4.98 Å². The molecule has 108 valence electrons. The Labute approximate surface area is 124 Å². The van der Waals surface area contributed by atoms with Crippen LogP contribution in [0, 0.1) is 17.0 Å². The van der Waals surface area contributed by atoms with Gasteiger partial charge in [-0.05, 0) is 31.2 Å². The van der Waals surface area contributed by atoms with Crippen LogP contribution in [-0.2, 0) is 0 Å². The van der Waals surface area contributed by atoms with Gasteiger partial charge in [-0.3, -0.25) is 10.1 Å². The first-order valence-corrected chi connectivity index (χ1v) is 6.70. The highest BCUT2D eigenvalue weighted by atomic mass is 32.2. The van der Waals surface area contributed by atoms with Crippen LogP contribution in [0.2, 0.25) is 0 Å². The fourth-order valence-electron chi connectivity index (χ4n) is 1.65. The van der Waals surface area contributed by atoms with Crippen LogP contribution in [0.4, 0.5) is 5.69 Å². The van der Waals surface area contributed by atoms with Crippen molar-refractivity contribution in [3.8, 4) is 0 Å². The van der Waals surface area contributed by atoms with E-state index in [0.29, 0.717) is 10.6 Å². The molecule has 0 unspecified atom stereocenters. The molecule has 8 heteroatoms. The standard InChI is InChI=1S/C13H12N4O3S/c1-8-6-9(13(14)16-18)7-12(15-8)21-11-4-2-10(3-5-11)17(19)20/h2-7,18H,1H3,(H2,14,16). The number of nitro groups is 1. The van der Waals surface area contributed by atoms with Crippen LogP contribution in [0.1, 0.15) is 11.3 Å². The maximum atomic E-state index is 10.6.